The molecule has 120 heavy (non-hydrogen) atoms. The Morgan fingerprint density at radius 3 is 0.883 bits per heavy atom. The van der Waals surface area contributed by atoms with Crippen molar-refractivity contribution in [2.24, 2.45) is 0 Å². The first-order chi connectivity index (χ1) is 59.5. The number of nitrogens with zero attached hydrogens (tertiary/aromatic N) is 5. The smallest absolute Gasteiger partial charge is 0.137 e. The van der Waals surface area contributed by atoms with Crippen molar-refractivity contribution in [2.45, 2.75) is 0 Å². The molecule has 562 valence electrons. The Morgan fingerprint density at radius 2 is 0.425 bits per heavy atom. The van der Waals surface area contributed by atoms with Gasteiger partial charge in [0, 0.05) is 100 Å². The average molecular weight is 1530 g/mol. The van der Waals surface area contributed by atoms with Crippen LogP contribution in [0.4, 0.5) is 34.1 Å². The average Bonchev–Trinajstić information content (AvgIpc) is 1.57. The van der Waals surface area contributed by atoms with Crippen LogP contribution in [-0.2, 0) is 0 Å². The fourth-order valence-corrected chi connectivity index (χ4v) is 18.5. The predicted molar refractivity (Wildman–Crippen MR) is 504 cm³/mol. The number of para-hydroxylation sites is 6. The minimum atomic E-state index is 0.842. The van der Waals surface area contributed by atoms with Gasteiger partial charge in [0.1, 0.15) is 11.2 Å². The zero-order valence-corrected chi connectivity index (χ0v) is 65.4. The molecule has 0 spiro atoms. The third-order valence-electron chi connectivity index (χ3n) is 24.2. The monoisotopic (exact) mass is 1530 g/mol. The molecule has 19 aromatic carbocycles. The van der Waals surface area contributed by atoms with Gasteiger partial charge in [-0.25, -0.2) is 0 Å². The van der Waals surface area contributed by atoms with E-state index in [0.717, 1.165) is 156 Å². The zero-order valence-electron chi connectivity index (χ0n) is 65.4. The van der Waals surface area contributed by atoms with Crippen LogP contribution in [0.3, 0.4) is 0 Å². The molecule has 0 aliphatic carbocycles. The molecule has 23 aromatic rings. The molecule has 0 bridgehead atoms. The number of aromatic nitrogens is 3. The van der Waals surface area contributed by atoms with E-state index in [1.54, 1.807) is 0 Å². The maximum Gasteiger partial charge on any atom is 0.137 e. The lowest BCUT2D eigenvalue weighted by molar-refractivity contribution is 0.669. The van der Waals surface area contributed by atoms with Gasteiger partial charge < -0.3 is 27.9 Å². The number of hydrogen-bond acceptors (Lipinski definition) is 3. The molecule has 0 amide bonds. The summed E-state index contributed by atoms with van der Waals surface area (Å²) in [6, 6.07) is 166. The number of rotatable bonds is 16. The van der Waals surface area contributed by atoms with Gasteiger partial charge in [0.15, 0.2) is 0 Å². The molecule has 6 heteroatoms. The first kappa shape index (κ1) is 69.5. The quantitative estimate of drug-likeness (QED) is 0.0967. The van der Waals surface area contributed by atoms with Gasteiger partial charge in [-0.05, 0) is 260 Å². The van der Waals surface area contributed by atoms with E-state index in [2.05, 4.69) is 466 Å². The molecule has 0 aliphatic rings. The van der Waals surface area contributed by atoms with Crippen LogP contribution in [0.25, 0.3) is 182 Å². The first-order valence-electron chi connectivity index (χ1n) is 41.1. The van der Waals surface area contributed by atoms with Crippen LogP contribution in [0.1, 0.15) is 0 Å². The van der Waals surface area contributed by atoms with Gasteiger partial charge in [-0.1, -0.05) is 267 Å². The van der Waals surface area contributed by atoms with E-state index in [-0.39, 0.29) is 0 Å². The van der Waals surface area contributed by atoms with E-state index >= 15 is 0 Å². The second-order valence-electron chi connectivity index (χ2n) is 31.2. The van der Waals surface area contributed by atoms with Gasteiger partial charge in [-0.3, -0.25) is 0 Å². The summed E-state index contributed by atoms with van der Waals surface area (Å²) in [6.07, 6.45) is 0. The topological polar surface area (TPSA) is 34.4 Å². The maximum absolute atomic E-state index is 6.59. The fourth-order valence-electron chi connectivity index (χ4n) is 18.5. The summed E-state index contributed by atoms with van der Waals surface area (Å²) in [4.78, 5) is 4.80. The van der Waals surface area contributed by atoms with Gasteiger partial charge >= 0.3 is 0 Å². The van der Waals surface area contributed by atoms with Crippen LogP contribution in [0.2, 0.25) is 0 Å². The zero-order chi connectivity index (χ0) is 79.1. The van der Waals surface area contributed by atoms with Crippen molar-refractivity contribution < 1.29 is 4.42 Å². The highest BCUT2D eigenvalue weighted by Gasteiger charge is 2.24. The normalized spacial score (nSPS) is 11.7. The standard InChI is InChI=1S/C114H75N5O/c1-6-25-76(26-7-1)84-65-85(77-27-8-2-9-28-77)68-88(67-84)81-49-53-92(54-50-81)115(95-59-63-110-105(72-95)100-38-17-21-42-108(100)117(110)90-32-12-4-13-33-90)96-60-64-111-106(73-96)101-39-18-22-43-109(101)119(111)94-36-24-31-83(71-94)79-45-47-80(48-46-79)87-66-86(78-29-10-3-11-30-78)69-89(70-87)82-51-55-93(56-52-82)116(98-58-62-104-103-40-19-23-44-113(103)120-114(104)75-98)97-57-61-102-99-37-16-20-41-107(99)118(112(102)74-97)91-34-14-5-15-35-91/h1-75H. The van der Waals surface area contributed by atoms with E-state index in [1.165, 1.54) is 60.2 Å². The minimum Gasteiger partial charge on any atom is -0.456 e. The lowest BCUT2D eigenvalue weighted by Crippen LogP contribution is -2.10. The molecule has 0 N–H and O–H groups in total. The maximum atomic E-state index is 6.59. The summed E-state index contributed by atoms with van der Waals surface area (Å²) < 4.78 is 13.8. The van der Waals surface area contributed by atoms with Crippen LogP contribution in [-0.4, -0.2) is 13.7 Å². The van der Waals surface area contributed by atoms with Crippen LogP contribution < -0.4 is 9.80 Å². The molecular formula is C114H75N5O. The second-order valence-corrected chi connectivity index (χ2v) is 31.2. The molecule has 0 atom stereocenters. The summed E-state index contributed by atoms with van der Waals surface area (Å²) >= 11 is 0. The Labute approximate surface area is 694 Å². The van der Waals surface area contributed by atoms with Crippen LogP contribution >= 0.6 is 0 Å². The van der Waals surface area contributed by atoms with Crippen LogP contribution in [0, 0.1) is 0 Å². The van der Waals surface area contributed by atoms with E-state index < -0.39 is 0 Å². The summed E-state index contributed by atoms with van der Waals surface area (Å²) in [5.74, 6) is 0. The predicted octanol–water partition coefficient (Wildman–Crippen LogP) is 31.5. The summed E-state index contributed by atoms with van der Waals surface area (Å²) in [5.41, 5.74) is 34.3. The number of benzene rings is 19. The first-order valence-corrected chi connectivity index (χ1v) is 41.1. The third-order valence-corrected chi connectivity index (χ3v) is 24.2. The Morgan fingerprint density at radius 1 is 0.142 bits per heavy atom. The van der Waals surface area contributed by atoms with E-state index in [4.69, 9.17) is 4.42 Å². The lowest BCUT2D eigenvalue weighted by Gasteiger charge is -2.26. The molecule has 23 rings (SSSR count). The fraction of sp³-hybridized carbons (Fsp3) is 0. The SMILES string of the molecule is c1ccc(-c2cc(-c3ccccc3)cc(-c3ccc(N(c4ccc5c(c4)c4ccccc4n5-c4ccccc4)c4ccc5c(c4)c4ccccc4n5-c4cccc(-c5ccc(-c6cc(-c7ccccc7)cc(-c7ccc(N(c8ccc9c(c8)oc8ccccc89)c8ccc9c%10ccccc%10n(-c%10ccccc%10)c9c8)cc7)c6)cc5)c4)cc3)c2)cc1. The summed E-state index contributed by atoms with van der Waals surface area (Å²) in [7, 11) is 0. The van der Waals surface area contributed by atoms with Crippen molar-refractivity contribution in [3.8, 4) is 95.0 Å². The van der Waals surface area contributed by atoms with Crippen molar-refractivity contribution in [2.75, 3.05) is 9.80 Å². The number of anilines is 6. The lowest BCUT2D eigenvalue weighted by atomic mass is 9.92. The van der Waals surface area contributed by atoms with Gasteiger partial charge in [-0.15, -0.1) is 0 Å². The number of furan rings is 1. The third kappa shape index (κ3) is 12.2. The Kier molecular flexibility index (Phi) is 16.8. The van der Waals surface area contributed by atoms with E-state index in [1.807, 2.05) is 12.1 Å². The minimum absolute atomic E-state index is 0.842. The molecule has 0 saturated heterocycles. The molecule has 4 aromatic heterocycles. The van der Waals surface area contributed by atoms with E-state index in [0.29, 0.717) is 0 Å². The van der Waals surface area contributed by atoms with Crippen molar-refractivity contribution in [1.29, 1.82) is 0 Å². The van der Waals surface area contributed by atoms with Crippen molar-refractivity contribution in [3.05, 3.63) is 455 Å². The molecule has 0 saturated carbocycles. The second kappa shape index (κ2) is 29.1. The van der Waals surface area contributed by atoms with Crippen LogP contribution in [0.5, 0.6) is 0 Å². The molecule has 0 radical (unpaired) electrons. The highest BCUT2D eigenvalue weighted by molar-refractivity contribution is 6.14. The summed E-state index contributed by atoms with van der Waals surface area (Å²) in [5, 5.41) is 9.34. The van der Waals surface area contributed by atoms with Gasteiger partial charge in [0.2, 0.25) is 0 Å². The van der Waals surface area contributed by atoms with Crippen LogP contribution in [0.15, 0.2) is 459 Å². The highest BCUT2D eigenvalue weighted by Crippen LogP contribution is 2.48. The molecule has 6 nitrogen and oxygen atoms in total. The highest BCUT2D eigenvalue weighted by atomic mass is 16.3. The molecule has 0 fully saturated rings. The number of hydrogen-bond donors (Lipinski definition) is 0. The van der Waals surface area contributed by atoms with Crippen molar-refractivity contribution in [3.63, 3.8) is 0 Å². The van der Waals surface area contributed by atoms with E-state index in [9.17, 15) is 0 Å². The molecular weight excluding hydrogens is 1460 g/mol. The Hall–Kier alpha value is -16.0. The van der Waals surface area contributed by atoms with Gasteiger partial charge in [0.25, 0.3) is 0 Å². The molecule has 0 aliphatic heterocycles. The Balaban J connectivity index is 0.596. The number of fused-ring (bicyclic) bond motifs is 12. The summed E-state index contributed by atoms with van der Waals surface area (Å²) in [6.45, 7) is 0. The largest absolute Gasteiger partial charge is 0.456 e. The Bertz CT molecular complexity index is 7800. The molecule has 4 heterocycles. The van der Waals surface area contributed by atoms with Gasteiger partial charge in [-0.2, -0.15) is 0 Å². The molecule has 0 unspecified atom stereocenters. The van der Waals surface area contributed by atoms with Gasteiger partial charge in [0.05, 0.1) is 33.1 Å². The van der Waals surface area contributed by atoms with Crippen molar-refractivity contribution in [1.82, 2.24) is 13.7 Å². The van der Waals surface area contributed by atoms with Crippen molar-refractivity contribution >= 4 is 121 Å².